The predicted molar refractivity (Wildman–Crippen MR) is 57.2 cm³/mol. The maximum atomic E-state index is 5.57. The molecule has 0 bridgehead atoms. The van der Waals surface area contributed by atoms with Crippen molar-refractivity contribution in [2.75, 3.05) is 6.61 Å². The second-order valence-corrected chi connectivity index (χ2v) is 5.71. The van der Waals surface area contributed by atoms with Gasteiger partial charge in [0.2, 0.25) is 0 Å². The number of hydrogen-bond donors (Lipinski definition) is 0. The minimum absolute atomic E-state index is 0.408. The van der Waals surface area contributed by atoms with Gasteiger partial charge in [0, 0.05) is 0 Å². The number of ether oxygens (including phenoxy) is 1. The normalized spacial score (nSPS) is 44.1. The summed E-state index contributed by atoms with van der Waals surface area (Å²) < 4.78 is 5.57. The average Bonchev–Trinajstić information content (AvgIpc) is 3.01. The maximum Gasteiger partial charge on any atom is 0.0916 e. The molecular weight excluding hydrogens is 172 g/mol. The van der Waals surface area contributed by atoms with E-state index in [-0.39, 0.29) is 0 Å². The van der Waals surface area contributed by atoms with E-state index in [4.69, 9.17) is 4.74 Å². The van der Waals surface area contributed by atoms with Crippen LogP contribution in [-0.4, -0.2) is 12.2 Å². The molecule has 0 atom stereocenters. The quantitative estimate of drug-likeness (QED) is 0.582. The van der Waals surface area contributed by atoms with Gasteiger partial charge in [-0.1, -0.05) is 32.1 Å². The van der Waals surface area contributed by atoms with Gasteiger partial charge < -0.3 is 4.74 Å². The van der Waals surface area contributed by atoms with Gasteiger partial charge in [0.25, 0.3) is 0 Å². The molecule has 14 heavy (non-hydrogen) atoms. The van der Waals surface area contributed by atoms with E-state index in [1.165, 1.54) is 57.8 Å². The Morgan fingerprint density at radius 1 is 0.786 bits per heavy atom. The average molecular weight is 194 g/mol. The van der Waals surface area contributed by atoms with Crippen molar-refractivity contribution in [1.82, 2.24) is 0 Å². The first kappa shape index (κ1) is 9.21. The molecule has 0 radical (unpaired) electrons. The van der Waals surface area contributed by atoms with E-state index >= 15 is 0 Å². The summed E-state index contributed by atoms with van der Waals surface area (Å²) >= 11 is 0. The molecule has 1 saturated heterocycles. The molecule has 0 unspecified atom stereocenters. The van der Waals surface area contributed by atoms with E-state index < -0.39 is 0 Å². The van der Waals surface area contributed by atoms with Crippen LogP contribution in [0, 0.1) is 11.8 Å². The third-order valence-electron chi connectivity index (χ3n) is 4.81. The van der Waals surface area contributed by atoms with E-state index in [0.29, 0.717) is 5.60 Å². The molecule has 0 aromatic rings. The van der Waals surface area contributed by atoms with Crippen LogP contribution in [0.25, 0.3) is 0 Å². The lowest BCUT2D eigenvalue weighted by Gasteiger charge is -2.34. The number of rotatable bonds is 1. The smallest absolute Gasteiger partial charge is 0.0916 e. The van der Waals surface area contributed by atoms with Crippen molar-refractivity contribution in [3.63, 3.8) is 0 Å². The lowest BCUT2D eigenvalue weighted by molar-refractivity contribution is 0.139. The summed E-state index contributed by atoms with van der Waals surface area (Å²) in [5.74, 6) is 2.14. The van der Waals surface area contributed by atoms with Gasteiger partial charge in [-0.2, -0.15) is 0 Å². The van der Waals surface area contributed by atoms with Crippen LogP contribution in [0.3, 0.4) is 0 Å². The van der Waals surface area contributed by atoms with Crippen molar-refractivity contribution in [2.45, 2.75) is 63.4 Å². The fraction of sp³-hybridized carbons (Fsp3) is 1.00. The first-order chi connectivity index (χ1) is 6.88. The lowest BCUT2D eigenvalue weighted by Crippen LogP contribution is -2.27. The third kappa shape index (κ3) is 1.71. The van der Waals surface area contributed by atoms with Crippen molar-refractivity contribution >= 4 is 0 Å². The molecule has 1 nitrogen and oxygen atoms in total. The Balaban J connectivity index is 1.53. The molecule has 3 rings (SSSR count). The van der Waals surface area contributed by atoms with Gasteiger partial charge in [0.1, 0.15) is 0 Å². The largest absolute Gasteiger partial charge is 0.370 e. The highest BCUT2D eigenvalue weighted by molar-refractivity contribution is 4.97. The van der Waals surface area contributed by atoms with Crippen LogP contribution in [0.4, 0.5) is 0 Å². The molecule has 0 N–H and O–H groups in total. The third-order valence-corrected chi connectivity index (χ3v) is 4.81. The summed E-state index contributed by atoms with van der Waals surface area (Å²) in [6, 6.07) is 0. The summed E-state index contributed by atoms with van der Waals surface area (Å²) in [5.41, 5.74) is 0.408. The van der Waals surface area contributed by atoms with E-state index in [0.717, 1.165) is 18.4 Å². The van der Waals surface area contributed by atoms with Gasteiger partial charge in [0.15, 0.2) is 0 Å². The molecule has 0 aromatic heterocycles. The Morgan fingerprint density at radius 3 is 1.93 bits per heavy atom. The lowest BCUT2D eigenvalue weighted by atomic mass is 9.71. The van der Waals surface area contributed by atoms with Gasteiger partial charge in [-0.25, -0.2) is 0 Å². The van der Waals surface area contributed by atoms with Crippen molar-refractivity contribution < 1.29 is 4.74 Å². The van der Waals surface area contributed by atoms with Crippen LogP contribution >= 0.6 is 0 Å². The fourth-order valence-corrected chi connectivity index (χ4v) is 3.63. The molecule has 1 spiro atoms. The molecule has 1 aliphatic heterocycles. The minimum Gasteiger partial charge on any atom is -0.370 e. The van der Waals surface area contributed by atoms with Crippen LogP contribution < -0.4 is 0 Å². The highest BCUT2D eigenvalue weighted by Crippen LogP contribution is 2.47. The maximum absolute atomic E-state index is 5.57. The Hall–Kier alpha value is -0.0400. The van der Waals surface area contributed by atoms with Crippen molar-refractivity contribution in [1.29, 1.82) is 0 Å². The second-order valence-electron chi connectivity index (χ2n) is 5.71. The predicted octanol–water partition coefficient (Wildman–Crippen LogP) is 3.53. The van der Waals surface area contributed by atoms with Gasteiger partial charge in [0.05, 0.1) is 12.2 Å². The van der Waals surface area contributed by atoms with E-state index in [1.807, 2.05) is 0 Å². The first-order valence-corrected chi connectivity index (χ1v) is 6.52. The van der Waals surface area contributed by atoms with Crippen LogP contribution in [0.15, 0.2) is 0 Å². The Morgan fingerprint density at radius 2 is 1.36 bits per heavy atom. The van der Waals surface area contributed by atoms with Gasteiger partial charge in [-0.05, 0) is 37.5 Å². The summed E-state index contributed by atoms with van der Waals surface area (Å²) in [6.45, 7) is 1.07. The molecule has 3 aliphatic rings. The zero-order valence-electron chi connectivity index (χ0n) is 9.13. The van der Waals surface area contributed by atoms with E-state index in [9.17, 15) is 0 Å². The molecule has 2 saturated carbocycles. The fourth-order valence-electron chi connectivity index (χ4n) is 3.63. The molecule has 3 fully saturated rings. The highest BCUT2D eigenvalue weighted by atomic mass is 16.6. The van der Waals surface area contributed by atoms with Crippen molar-refractivity contribution in [3.05, 3.63) is 0 Å². The highest BCUT2D eigenvalue weighted by Gasteiger charge is 2.47. The monoisotopic (exact) mass is 194 g/mol. The topological polar surface area (TPSA) is 12.5 Å². The summed E-state index contributed by atoms with van der Waals surface area (Å²) in [6.07, 6.45) is 13.2. The van der Waals surface area contributed by atoms with Crippen molar-refractivity contribution in [2.24, 2.45) is 11.8 Å². The second kappa shape index (κ2) is 3.52. The standard InChI is InChI=1S/C13H22O/c1-2-4-11(5-3-1)12-6-8-13(9-7-12)10-14-13/h11-12H,1-10H2. The molecule has 2 aliphatic carbocycles. The number of hydrogen-bond acceptors (Lipinski definition) is 1. The molecule has 0 amide bonds. The minimum atomic E-state index is 0.408. The van der Waals surface area contributed by atoms with Crippen molar-refractivity contribution in [3.8, 4) is 0 Å². The molecule has 0 aromatic carbocycles. The zero-order chi connectivity index (χ0) is 9.43. The number of epoxide rings is 1. The van der Waals surface area contributed by atoms with Gasteiger partial charge in [-0.3, -0.25) is 0 Å². The first-order valence-electron chi connectivity index (χ1n) is 6.52. The Kier molecular flexibility index (Phi) is 2.31. The van der Waals surface area contributed by atoms with Crippen LogP contribution in [0.1, 0.15) is 57.8 Å². The zero-order valence-corrected chi connectivity index (χ0v) is 9.13. The van der Waals surface area contributed by atoms with Crippen LogP contribution in [0.2, 0.25) is 0 Å². The molecule has 80 valence electrons. The summed E-state index contributed by atoms with van der Waals surface area (Å²) in [7, 11) is 0. The van der Waals surface area contributed by atoms with E-state index in [1.54, 1.807) is 0 Å². The summed E-state index contributed by atoms with van der Waals surface area (Å²) in [4.78, 5) is 0. The van der Waals surface area contributed by atoms with Gasteiger partial charge in [-0.15, -0.1) is 0 Å². The molecular formula is C13H22O. The van der Waals surface area contributed by atoms with Gasteiger partial charge >= 0.3 is 0 Å². The summed E-state index contributed by atoms with van der Waals surface area (Å²) in [5, 5.41) is 0. The molecule has 1 heteroatoms. The van der Waals surface area contributed by atoms with Crippen LogP contribution in [0.5, 0.6) is 0 Å². The molecule has 1 heterocycles. The van der Waals surface area contributed by atoms with Crippen LogP contribution in [-0.2, 0) is 4.74 Å². The van der Waals surface area contributed by atoms with E-state index in [2.05, 4.69) is 0 Å². The SMILES string of the molecule is C1CCC(C2CCC3(CC2)CO3)CC1. The Labute approximate surface area is 87.2 Å². The Bertz CT molecular complexity index is 191.